The molecule has 2 amide bonds. The summed E-state index contributed by atoms with van der Waals surface area (Å²) in [5.41, 5.74) is 2.55. The molecule has 0 saturated carbocycles. The number of nitrogens with one attached hydrogen (secondary N) is 2. The molecule has 9 heteroatoms. The van der Waals surface area contributed by atoms with Crippen LogP contribution in [-0.4, -0.2) is 31.1 Å². The Labute approximate surface area is 214 Å². The van der Waals surface area contributed by atoms with Crippen LogP contribution < -0.4 is 14.8 Å². The molecule has 0 aliphatic carbocycles. The van der Waals surface area contributed by atoms with Crippen LogP contribution in [0.4, 0.5) is 4.79 Å². The SMILES string of the molecule is COc1ccc(Cn2ccnc2[C@H](Cc2ccccc2)NC(=O)NS(=O)(=O)c2ccccc2C)cc1.[HH].[HH]. The fourth-order valence-electron chi connectivity index (χ4n) is 3.97. The van der Waals surface area contributed by atoms with Crippen LogP contribution in [-0.2, 0) is 23.0 Å². The second-order valence-electron chi connectivity index (χ2n) is 8.35. The summed E-state index contributed by atoms with van der Waals surface area (Å²) in [6, 6.07) is 22.5. The van der Waals surface area contributed by atoms with Gasteiger partial charge in [-0.1, -0.05) is 60.7 Å². The Kier molecular flexibility index (Phi) is 7.70. The van der Waals surface area contributed by atoms with Gasteiger partial charge >= 0.3 is 6.03 Å². The Morgan fingerprint density at radius 3 is 2.39 bits per heavy atom. The van der Waals surface area contributed by atoms with Gasteiger partial charge in [0.05, 0.1) is 18.0 Å². The van der Waals surface area contributed by atoms with Gasteiger partial charge in [-0.15, -0.1) is 0 Å². The predicted octanol–water partition coefficient (Wildman–Crippen LogP) is 4.71. The van der Waals surface area contributed by atoms with Crippen LogP contribution >= 0.6 is 0 Å². The van der Waals surface area contributed by atoms with Crippen LogP contribution in [0.25, 0.3) is 0 Å². The fraction of sp³-hybridized carbons (Fsp3) is 0.185. The number of benzene rings is 3. The average Bonchev–Trinajstić information content (AvgIpc) is 3.32. The van der Waals surface area contributed by atoms with Crippen molar-refractivity contribution in [3.8, 4) is 5.75 Å². The molecule has 0 aliphatic heterocycles. The molecule has 0 fully saturated rings. The first kappa shape index (κ1) is 25.0. The number of aryl methyl sites for hydroxylation is 1. The van der Waals surface area contributed by atoms with Gasteiger partial charge in [-0.2, -0.15) is 0 Å². The van der Waals surface area contributed by atoms with Gasteiger partial charge in [0.2, 0.25) is 0 Å². The Bertz CT molecular complexity index is 1430. The highest BCUT2D eigenvalue weighted by Crippen LogP contribution is 2.20. The molecule has 2 N–H and O–H groups in total. The molecule has 4 aromatic rings. The highest BCUT2D eigenvalue weighted by Gasteiger charge is 2.24. The van der Waals surface area contributed by atoms with E-state index in [1.807, 2.05) is 65.4 Å². The summed E-state index contributed by atoms with van der Waals surface area (Å²) in [7, 11) is -2.43. The number of hydrogen-bond acceptors (Lipinski definition) is 5. The number of hydrogen-bond donors (Lipinski definition) is 2. The third-order valence-corrected chi connectivity index (χ3v) is 7.26. The number of sulfonamides is 1. The van der Waals surface area contributed by atoms with Crippen molar-refractivity contribution < 1.29 is 20.8 Å². The van der Waals surface area contributed by atoms with Gasteiger partial charge in [0.1, 0.15) is 11.6 Å². The Morgan fingerprint density at radius 1 is 1.00 bits per heavy atom. The number of nitrogens with zero attached hydrogens (tertiary/aromatic N) is 2. The monoisotopic (exact) mass is 508 g/mol. The highest BCUT2D eigenvalue weighted by molar-refractivity contribution is 7.90. The summed E-state index contributed by atoms with van der Waals surface area (Å²) in [5, 5.41) is 2.83. The minimum atomic E-state index is -4.04. The molecule has 0 bridgehead atoms. The number of carbonyl (C=O) groups is 1. The van der Waals surface area contributed by atoms with Crippen molar-refractivity contribution in [1.82, 2.24) is 19.6 Å². The van der Waals surface area contributed by atoms with Crippen molar-refractivity contribution >= 4 is 16.1 Å². The van der Waals surface area contributed by atoms with Crippen molar-refractivity contribution in [2.45, 2.75) is 30.8 Å². The van der Waals surface area contributed by atoms with Crippen molar-refractivity contribution in [1.29, 1.82) is 0 Å². The summed E-state index contributed by atoms with van der Waals surface area (Å²) in [4.78, 5) is 17.5. The van der Waals surface area contributed by atoms with Crippen LogP contribution in [0, 0.1) is 6.92 Å². The van der Waals surface area contributed by atoms with Crippen LogP contribution in [0.1, 0.15) is 31.4 Å². The molecule has 0 saturated heterocycles. The van der Waals surface area contributed by atoms with E-state index in [2.05, 4.69) is 15.0 Å². The molecule has 1 atom stereocenters. The maximum atomic E-state index is 12.9. The lowest BCUT2D eigenvalue weighted by Gasteiger charge is -2.21. The molecular weight excluding hydrogens is 476 g/mol. The zero-order valence-corrected chi connectivity index (χ0v) is 20.9. The third kappa shape index (κ3) is 6.11. The van der Waals surface area contributed by atoms with E-state index in [4.69, 9.17) is 4.74 Å². The summed E-state index contributed by atoms with van der Waals surface area (Å²) in [5.74, 6) is 1.37. The predicted molar refractivity (Wildman–Crippen MR) is 141 cm³/mol. The van der Waals surface area contributed by atoms with E-state index in [-0.39, 0.29) is 7.75 Å². The van der Waals surface area contributed by atoms with Gasteiger partial charge < -0.3 is 14.6 Å². The maximum Gasteiger partial charge on any atom is 0.329 e. The number of ether oxygens (including phenoxy) is 1. The third-order valence-electron chi connectivity index (χ3n) is 5.77. The quantitative estimate of drug-likeness (QED) is 0.341. The lowest BCUT2D eigenvalue weighted by Crippen LogP contribution is -2.42. The van der Waals surface area contributed by atoms with Crippen LogP contribution in [0.15, 0.2) is 96.2 Å². The molecule has 4 rings (SSSR count). The average molecular weight is 509 g/mol. The van der Waals surface area contributed by atoms with Crippen molar-refractivity contribution in [2.24, 2.45) is 0 Å². The minimum Gasteiger partial charge on any atom is -0.497 e. The molecule has 190 valence electrons. The largest absolute Gasteiger partial charge is 0.497 e. The molecule has 3 aromatic carbocycles. The second-order valence-corrected chi connectivity index (χ2v) is 10.00. The van der Waals surface area contributed by atoms with Crippen molar-refractivity contribution in [2.75, 3.05) is 7.11 Å². The Morgan fingerprint density at radius 2 is 1.69 bits per heavy atom. The van der Waals surface area contributed by atoms with Gasteiger partial charge in [-0.3, -0.25) is 0 Å². The number of urea groups is 1. The fourth-order valence-corrected chi connectivity index (χ4v) is 5.13. The number of imidazole rings is 1. The lowest BCUT2D eigenvalue weighted by molar-refractivity contribution is 0.241. The van der Waals surface area contributed by atoms with Gasteiger partial charge in [-0.25, -0.2) is 22.9 Å². The first-order chi connectivity index (χ1) is 17.4. The van der Waals surface area contributed by atoms with Crippen molar-refractivity contribution in [3.63, 3.8) is 0 Å². The number of amides is 2. The number of rotatable bonds is 9. The maximum absolute atomic E-state index is 12.9. The summed E-state index contributed by atoms with van der Waals surface area (Å²) < 4.78 is 35.0. The molecule has 8 nitrogen and oxygen atoms in total. The van der Waals surface area contributed by atoms with E-state index >= 15 is 0 Å². The molecule has 0 radical (unpaired) electrons. The van der Waals surface area contributed by atoms with Gasteiger partial charge in [-0.05, 0) is 48.2 Å². The molecule has 36 heavy (non-hydrogen) atoms. The van der Waals surface area contributed by atoms with Crippen molar-refractivity contribution in [3.05, 3.63) is 114 Å². The Balaban J connectivity index is 0.00000253. The number of carbonyl (C=O) groups excluding carboxylic acids is 1. The van der Waals surface area contributed by atoms with Gasteiger partial charge in [0.25, 0.3) is 10.0 Å². The van der Waals surface area contributed by atoms with E-state index in [1.165, 1.54) is 6.07 Å². The summed E-state index contributed by atoms with van der Waals surface area (Å²) >= 11 is 0. The van der Waals surface area contributed by atoms with Crippen LogP contribution in [0.3, 0.4) is 0 Å². The number of methoxy groups -OCH3 is 1. The first-order valence-corrected chi connectivity index (χ1v) is 12.9. The van der Waals surface area contributed by atoms with Crippen LogP contribution in [0.2, 0.25) is 0 Å². The zero-order chi connectivity index (χ0) is 25.5. The van der Waals surface area contributed by atoms with Crippen LogP contribution in [0.5, 0.6) is 5.75 Å². The topological polar surface area (TPSA) is 102 Å². The molecule has 0 aliphatic rings. The normalized spacial score (nSPS) is 12.1. The zero-order valence-electron chi connectivity index (χ0n) is 20.1. The molecule has 1 aromatic heterocycles. The smallest absolute Gasteiger partial charge is 0.329 e. The van der Waals surface area contributed by atoms with E-state index in [9.17, 15) is 13.2 Å². The highest BCUT2D eigenvalue weighted by atomic mass is 32.2. The number of aromatic nitrogens is 2. The molecule has 1 heterocycles. The Hall–Kier alpha value is -4.11. The van der Waals surface area contributed by atoms with E-state index in [0.717, 1.165) is 16.9 Å². The summed E-state index contributed by atoms with van der Waals surface area (Å²) in [6.45, 7) is 2.20. The van der Waals surface area contributed by atoms with E-state index in [1.54, 1.807) is 38.4 Å². The summed E-state index contributed by atoms with van der Waals surface area (Å²) in [6.07, 6.45) is 3.93. The molecule has 0 unspecified atom stereocenters. The van der Waals surface area contributed by atoms with Gasteiger partial charge in [0.15, 0.2) is 0 Å². The van der Waals surface area contributed by atoms with Gasteiger partial charge in [0, 0.05) is 21.8 Å². The minimum absolute atomic E-state index is 0. The second kappa shape index (κ2) is 11.1. The van der Waals surface area contributed by atoms with E-state index in [0.29, 0.717) is 24.4 Å². The lowest BCUT2D eigenvalue weighted by atomic mass is 10.1. The van der Waals surface area contributed by atoms with E-state index < -0.39 is 22.1 Å². The molecule has 0 spiro atoms. The molecular formula is C27H32N4O4S. The first-order valence-electron chi connectivity index (χ1n) is 11.4. The standard InChI is InChI=1S/C27H28N4O4S.2H2/c1-20-8-6-7-11-25(20)36(33,34)30-27(32)29-24(18-21-9-4-3-5-10-21)26-28-16-17-31(26)19-22-12-14-23(35-2)15-13-22;;/h3-17,24H,18-19H2,1-2H3,(H2,29,30,32);2*1H/t24-;;/m0../s1.